The Morgan fingerprint density at radius 1 is 1.62 bits per heavy atom. The van der Waals surface area contributed by atoms with E-state index in [0.29, 0.717) is 6.54 Å². The van der Waals surface area contributed by atoms with Gasteiger partial charge < -0.3 is 9.47 Å². The number of imidazole rings is 1. The van der Waals surface area contributed by atoms with Crippen LogP contribution in [0.1, 0.15) is 5.82 Å². The normalized spacial score (nSPS) is 15.6. The van der Waals surface area contributed by atoms with Crippen LogP contribution in [0, 0.1) is 0 Å². The molecule has 5 heteroatoms. The van der Waals surface area contributed by atoms with Crippen molar-refractivity contribution in [3.8, 4) is 0 Å². The smallest absolute Gasteiger partial charge is 0.237 e. The van der Waals surface area contributed by atoms with Gasteiger partial charge in [0, 0.05) is 25.5 Å². The summed E-state index contributed by atoms with van der Waals surface area (Å²) in [5, 5.41) is 0. The van der Waals surface area contributed by atoms with E-state index in [1.54, 1.807) is 11.1 Å². The number of rotatable bonds is 1. The van der Waals surface area contributed by atoms with Gasteiger partial charge in [0.25, 0.3) is 0 Å². The molecule has 13 heavy (non-hydrogen) atoms. The van der Waals surface area contributed by atoms with Crippen LogP contribution in [-0.2, 0) is 17.9 Å². The Morgan fingerprint density at radius 2 is 2.46 bits per heavy atom. The minimum atomic E-state index is -0.0177. The van der Waals surface area contributed by atoms with Gasteiger partial charge in [-0.15, -0.1) is 11.6 Å². The fourth-order valence-corrected chi connectivity index (χ4v) is 1.64. The summed E-state index contributed by atoms with van der Waals surface area (Å²) in [6, 6.07) is 0. The van der Waals surface area contributed by atoms with Gasteiger partial charge in [-0.25, -0.2) is 4.98 Å². The number of aromatic nitrogens is 2. The third kappa shape index (κ3) is 1.54. The van der Waals surface area contributed by atoms with Crippen molar-refractivity contribution in [3.63, 3.8) is 0 Å². The van der Waals surface area contributed by atoms with E-state index in [9.17, 15) is 4.79 Å². The minimum absolute atomic E-state index is 0.0177. The predicted octanol–water partition coefficient (Wildman–Crippen LogP) is 0.464. The zero-order chi connectivity index (χ0) is 9.26. The van der Waals surface area contributed by atoms with Crippen LogP contribution in [0.2, 0.25) is 0 Å². The third-order valence-electron chi connectivity index (χ3n) is 2.21. The number of hydrogen-bond acceptors (Lipinski definition) is 2. The number of amides is 1. The average Bonchev–Trinajstić information content (AvgIpc) is 2.63. The largest absolute Gasteiger partial charge is 0.332 e. The topological polar surface area (TPSA) is 38.1 Å². The van der Waals surface area contributed by atoms with Crippen LogP contribution in [0.15, 0.2) is 12.4 Å². The molecule has 0 spiro atoms. The van der Waals surface area contributed by atoms with Gasteiger partial charge in [-0.05, 0) is 0 Å². The van der Waals surface area contributed by atoms with E-state index in [-0.39, 0.29) is 11.8 Å². The summed E-state index contributed by atoms with van der Waals surface area (Å²) in [5.41, 5.74) is 0. The lowest BCUT2D eigenvalue weighted by molar-refractivity contribution is -0.129. The molecule has 1 aliphatic heterocycles. The van der Waals surface area contributed by atoms with Gasteiger partial charge in [-0.3, -0.25) is 4.79 Å². The summed E-state index contributed by atoms with van der Waals surface area (Å²) in [5.74, 6) is 0.974. The van der Waals surface area contributed by atoms with Gasteiger partial charge in [0.15, 0.2) is 0 Å². The second-order valence-corrected chi connectivity index (χ2v) is 3.25. The summed E-state index contributed by atoms with van der Waals surface area (Å²) in [6.07, 6.45) is 3.68. The van der Waals surface area contributed by atoms with Crippen LogP contribution in [0.4, 0.5) is 0 Å². The zero-order valence-corrected chi connectivity index (χ0v) is 7.87. The Balaban J connectivity index is 2.13. The van der Waals surface area contributed by atoms with Crippen LogP contribution in [0.5, 0.6) is 0 Å². The zero-order valence-electron chi connectivity index (χ0n) is 7.11. The maximum Gasteiger partial charge on any atom is 0.237 e. The Kier molecular flexibility index (Phi) is 2.22. The maximum atomic E-state index is 11.3. The molecule has 0 radical (unpaired) electrons. The Morgan fingerprint density at radius 3 is 3.23 bits per heavy atom. The van der Waals surface area contributed by atoms with Crippen molar-refractivity contribution in [2.75, 3.05) is 12.4 Å². The molecule has 0 aliphatic carbocycles. The van der Waals surface area contributed by atoms with Crippen LogP contribution < -0.4 is 0 Å². The molecule has 2 heterocycles. The van der Waals surface area contributed by atoms with E-state index >= 15 is 0 Å². The van der Waals surface area contributed by atoms with E-state index in [1.165, 1.54) is 0 Å². The predicted molar refractivity (Wildman–Crippen MR) is 48.4 cm³/mol. The van der Waals surface area contributed by atoms with Gasteiger partial charge >= 0.3 is 0 Å². The molecule has 4 nitrogen and oxygen atoms in total. The lowest BCUT2D eigenvalue weighted by atomic mass is 10.3. The highest BCUT2D eigenvalue weighted by Gasteiger charge is 2.19. The third-order valence-corrected chi connectivity index (χ3v) is 2.44. The summed E-state index contributed by atoms with van der Waals surface area (Å²) >= 11 is 5.47. The highest BCUT2D eigenvalue weighted by molar-refractivity contribution is 6.27. The first kappa shape index (κ1) is 8.56. The number of carbonyl (C=O) groups is 1. The van der Waals surface area contributed by atoms with Crippen molar-refractivity contribution in [2.24, 2.45) is 0 Å². The molecular formula is C8H10ClN3O. The molecular weight excluding hydrogens is 190 g/mol. The van der Waals surface area contributed by atoms with Crippen LogP contribution in [0.3, 0.4) is 0 Å². The maximum absolute atomic E-state index is 11.3. The van der Waals surface area contributed by atoms with E-state index in [1.807, 2.05) is 6.20 Å². The average molecular weight is 200 g/mol. The van der Waals surface area contributed by atoms with Crippen molar-refractivity contribution in [3.05, 3.63) is 18.2 Å². The molecule has 0 fully saturated rings. The van der Waals surface area contributed by atoms with Gasteiger partial charge in [-0.2, -0.15) is 0 Å². The number of hydrogen-bond donors (Lipinski definition) is 0. The molecule has 0 aromatic carbocycles. The number of alkyl halides is 1. The molecule has 2 rings (SSSR count). The van der Waals surface area contributed by atoms with Crippen LogP contribution >= 0.6 is 11.6 Å². The molecule has 0 bridgehead atoms. The second kappa shape index (κ2) is 3.38. The highest BCUT2D eigenvalue weighted by atomic mass is 35.5. The van der Waals surface area contributed by atoms with E-state index in [2.05, 4.69) is 9.55 Å². The van der Waals surface area contributed by atoms with Crippen molar-refractivity contribution in [2.45, 2.75) is 13.1 Å². The standard InChI is InChI=1S/C8H10ClN3O/c9-5-8(13)12-4-3-11-2-1-10-7(11)6-12/h1-2H,3-6H2. The molecule has 70 valence electrons. The number of carbonyl (C=O) groups excluding carboxylic acids is 1. The molecule has 0 N–H and O–H groups in total. The summed E-state index contributed by atoms with van der Waals surface area (Å²) in [4.78, 5) is 17.1. The second-order valence-electron chi connectivity index (χ2n) is 2.99. The van der Waals surface area contributed by atoms with Gasteiger partial charge in [-0.1, -0.05) is 0 Å². The molecule has 0 atom stereocenters. The van der Waals surface area contributed by atoms with E-state index in [4.69, 9.17) is 11.6 Å². The highest BCUT2D eigenvalue weighted by Crippen LogP contribution is 2.10. The fraction of sp³-hybridized carbons (Fsp3) is 0.500. The molecule has 1 aliphatic rings. The monoisotopic (exact) mass is 199 g/mol. The lowest BCUT2D eigenvalue weighted by Gasteiger charge is -2.26. The first-order valence-electron chi connectivity index (χ1n) is 4.15. The Hall–Kier alpha value is -1.03. The van der Waals surface area contributed by atoms with Crippen molar-refractivity contribution < 1.29 is 4.79 Å². The summed E-state index contributed by atoms with van der Waals surface area (Å²) < 4.78 is 2.05. The van der Waals surface area contributed by atoms with E-state index in [0.717, 1.165) is 18.9 Å². The molecule has 1 amide bonds. The Bertz CT molecular complexity index is 323. The lowest BCUT2D eigenvalue weighted by Crippen LogP contribution is -2.38. The van der Waals surface area contributed by atoms with Crippen LogP contribution in [0.25, 0.3) is 0 Å². The van der Waals surface area contributed by atoms with Crippen molar-refractivity contribution in [1.29, 1.82) is 0 Å². The van der Waals surface area contributed by atoms with Gasteiger partial charge in [0.1, 0.15) is 11.7 Å². The first-order valence-corrected chi connectivity index (χ1v) is 4.68. The van der Waals surface area contributed by atoms with Gasteiger partial charge in [0.05, 0.1) is 6.54 Å². The van der Waals surface area contributed by atoms with Gasteiger partial charge in [0.2, 0.25) is 5.91 Å². The number of nitrogens with zero attached hydrogens (tertiary/aromatic N) is 3. The number of fused-ring (bicyclic) bond motifs is 1. The minimum Gasteiger partial charge on any atom is -0.332 e. The van der Waals surface area contributed by atoms with Crippen molar-refractivity contribution in [1.82, 2.24) is 14.5 Å². The quantitative estimate of drug-likeness (QED) is 0.617. The molecule has 1 aromatic rings. The van der Waals surface area contributed by atoms with Crippen molar-refractivity contribution >= 4 is 17.5 Å². The van der Waals surface area contributed by atoms with Crippen LogP contribution in [-0.4, -0.2) is 32.8 Å². The molecule has 0 unspecified atom stereocenters. The number of halogens is 1. The summed E-state index contributed by atoms with van der Waals surface area (Å²) in [7, 11) is 0. The van der Waals surface area contributed by atoms with E-state index < -0.39 is 0 Å². The molecule has 0 saturated heterocycles. The summed E-state index contributed by atoms with van der Waals surface area (Å²) in [6.45, 7) is 2.13. The Labute approximate surface area is 81.1 Å². The fourth-order valence-electron chi connectivity index (χ4n) is 1.47. The molecule has 0 saturated carbocycles. The first-order chi connectivity index (χ1) is 6.31. The SMILES string of the molecule is O=C(CCl)N1CCn2ccnc2C1. The molecule has 1 aromatic heterocycles.